The van der Waals surface area contributed by atoms with Gasteiger partial charge in [-0.15, -0.1) is 12.4 Å². The van der Waals surface area contributed by atoms with E-state index in [9.17, 15) is 14.0 Å². The topological polar surface area (TPSA) is 81.4 Å². The zero-order chi connectivity index (χ0) is 12.8. The normalized spacial score (nSPS) is 20.9. The Morgan fingerprint density at radius 3 is 2.89 bits per heavy atom. The van der Waals surface area contributed by atoms with E-state index in [1.807, 2.05) is 0 Å². The van der Waals surface area contributed by atoms with Gasteiger partial charge in [0.15, 0.2) is 0 Å². The molecule has 1 saturated heterocycles. The Bertz CT molecular complexity index is 336. The molecule has 7 heteroatoms. The lowest BCUT2D eigenvalue weighted by molar-refractivity contribution is -0.140. The first kappa shape index (κ1) is 16.9. The number of nitrogens with two attached hydrogens (primary N) is 1. The third-order valence-corrected chi connectivity index (χ3v) is 2.55. The van der Waals surface area contributed by atoms with Crippen LogP contribution in [0.15, 0.2) is 11.9 Å². The molecule has 5 nitrogen and oxygen atoms in total. The van der Waals surface area contributed by atoms with Crippen LogP contribution in [0.5, 0.6) is 0 Å². The third-order valence-electron chi connectivity index (χ3n) is 2.55. The predicted molar refractivity (Wildman–Crippen MR) is 66.8 cm³/mol. The number of halogens is 2. The average Bonchev–Trinajstić information content (AvgIpc) is 2.64. The Balaban J connectivity index is 0.00000289. The zero-order valence-corrected chi connectivity index (χ0v) is 11.0. The van der Waals surface area contributed by atoms with Gasteiger partial charge < -0.3 is 15.8 Å². The molecule has 0 aromatic rings. The Labute approximate surface area is 111 Å². The summed E-state index contributed by atoms with van der Waals surface area (Å²) >= 11 is 0. The van der Waals surface area contributed by atoms with Gasteiger partial charge in [-0.3, -0.25) is 4.79 Å². The fourth-order valence-electron chi connectivity index (χ4n) is 1.72. The molecule has 0 bridgehead atoms. The minimum atomic E-state index is -1.01. The van der Waals surface area contributed by atoms with Crippen molar-refractivity contribution in [2.24, 2.45) is 11.7 Å². The first-order chi connectivity index (χ1) is 8.04. The highest BCUT2D eigenvalue weighted by atomic mass is 35.5. The molecule has 1 heterocycles. The van der Waals surface area contributed by atoms with Crippen LogP contribution >= 0.6 is 12.4 Å². The van der Waals surface area contributed by atoms with Crippen LogP contribution < -0.4 is 11.1 Å². The molecule has 0 aromatic heterocycles. The van der Waals surface area contributed by atoms with Gasteiger partial charge in [-0.2, -0.15) is 4.39 Å². The molecule has 1 aliphatic heterocycles. The summed E-state index contributed by atoms with van der Waals surface area (Å²) in [7, 11) is 0. The van der Waals surface area contributed by atoms with Crippen molar-refractivity contribution < 1.29 is 18.7 Å². The second kappa shape index (κ2) is 8.05. The number of carbonyl (C=O) groups excluding carboxylic acids is 2. The predicted octanol–water partition coefficient (Wildman–Crippen LogP) is 0.678. The Morgan fingerprint density at radius 2 is 2.39 bits per heavy atom. The van der Waals surface area contributed by atoms with Crippen molar-refractivity contribution in [2.75, 3.05) is 13.2 Å². The van der Waals surface area contributed by atoms with Crippen LogP contribution in [0.3, 0.4) is 0 Å². The minimum absolute atomic E-state index is 0. The van der Waals surface area contributed by atoms with Crippen molar-refractivity contribution in [1.29, 1.82) is 0 Å². The van der Waals surface area contributed by atoms with Crippen LogP contribution in [0.1, 0.15) is 19.8 Å². The number of carbonyl (C=O) groups is 2. The molecule has 18 heavy (non-hydrogen) atoms. The largest absolute Gasteiger partial charge is 0.461 e. The summed E-state index contributed by atoms with van der Waals surface area (Å²) in [5.41, 5.74) is 5.65. The number of rotatable bonds is 5. The molecule has 0 aliphatic carbocycles. The highest BCUT2D eigenvalue weighted by molar-refractivity contribution is 5.86. The Hall–Kier alpha value is -1.14. The van der Waals surface area contributed by atoms with Gasteiger partial charge in [0.25, 0.3) is 0 Å². The summed E-state index contributed by atoms with van der Waals surface area (Å²) in [4.78, 5) is 22.2. The number of hydrogen-bond donors (Lipinski definition) is 2. The molecule has 0 spiro atoms. The fourth-order valence-corrected chi connectivity index (χ4v) is 1.72. The Kier molecular flexibility index (Phi) is 7.54. The van der Waals surface area contributed by atoms with Crippen molar-refractivity contribution in [1.82, 2.24) is 5.32 Å². The van der Waals surface area contributed by atoms with Crippen LogP contribution in [0.4, 0.5) is 4.39 Å². The minimum Gasteiger partial charge on any atom is -0.461 e. The monoisotopic (exact) mass is 280 g/mol. The van der Waals surface area contributed by atoms with Crippen molar-refractivity contribution in [3.63, 3.8) is 0 Å². The van der Waals surface area contributed by atoms with Gasteiger partial charge in [-0.1, -0.05) is 0 Å². The van der Waals surface area contributed by atoms with Crippen LogP contribution in [0, 0.1) is 5.92 Å². The van der Waals surface area contributed by atoms with Gasteiger partial charge >= 0.3 is 5.97 Å². The number of amides is 1. The van der Waals surface area contributed by atoms with Crippen molar-refractivity contribution in [3.05, 3.63) is 11.9 Å². The van der Waals surface area contributed by atoms with E-state index in [1.165, 1.54) is 0 Å². The zero-order valence-electron chi connectivity index (χ0n) is 10.1. The maximum absolute atomic E-state index is 13.2. The SMILES string of the molecule is CCOC(=O)/C(F)=C/[C@@H](N)C[C@@H]1CCNC1=O.Cl. The summed E-state index contributed by atoms with van der Waals surface area (Å²) in [5, 5.41) is 2.67. The number of ether oxygens (including phenoxy) is 1. The second-order valence-electron chi connectivity index (χ2n) is 3.91. The summed E-state index contributed by atoms with van der Waals surface area (Å²) < 4.78 is 17.7. The first-order valence-corrected chi connectivity index (χ1v) is 5.62. The second-order valence-corrected chi connectivity index (χ2v) is 3.91. The van der Waals surface area contributed by atoms with E-state index in [-0.39, 0.29) is 30.8 Å². The number of esters is 1. The summed E-state index contributed by atoms with van der Waals surface area (Å²) in [5.74, 6) is -2.28. The van der Waals surface area contributed by atoms with Gasteiger partial charge in [0.05, 0.1) is 6.61 Å². The van der Waals surface area contributed by atoms with Gasteiger partial charge in [0, 0.05) is 18.5 Å². The van der Waals surface area contributed by atoms with Gasteiger partial charge in [0.1, 0.15) is 0 Å². The number of nitrogens with one attached hydrogen (secondary N) is 1. The Morgan fingerprint density at radius 1 is 1.72 bits per heavy atom. The van der Waals surface area contributed by atoms with Crippen molar-refractivity contribution in [2.45, 2.75) is 25.8 Å². The van der Waals surface area contributed by atoms with Crippen LogP contribution in [-0.4, -0.2) is 31.1 Å². The average molecular weight is 281 g/mol. The van der Waals surface area contributed by atoms with Gasteiger partial charge in [-0.25, -0.2) is 4.79 Å². The van der Waals surface area contributed by atoms with E-state index in [1.54, 1.807) is 6.92 Å². The molecule has 1 aliphatic rings. The fraction of sp³-hybridized carbons (Fsp3) is 0.636. The van der Waals surface area contributed by atoms with Crippen LogP contribution in [-0.2, 0) is 14.3 Å². The maximum atomic E-state index is 13.2. The van der Waals surface area contributed by atoms with Crippen molar-refractivity contribution >= 4 is 24.3 Å². The van der Waals surface area contributed by atoms with Crippen LogP contribution in [0.2, 0.25) is 0 Å². The molecule has 104 valence electrons. The highest BCUT2D eigenvalue weighted by Crippen LogP contribution is 2.16. The molecule has 1 amide bonds. The molecule has 0 unspecified atom stereocenters. The van der Waals surface area contributed by atoms with E-state index in [0.29, 0.717) is 19.4 Å². The van der Waals surface area contributed by atoms with Crippen LogP contribution in [0.25, 0.3) is 0 Å². The van der Waals surface area contributed by atoms with E-state index >= 15 is 0 Å². The first-order valence-electron chi connectivity index (χ1n) is 5.62. The van der Waals surface area contributed by atoms with Gasteiger partial charge in [-0.05, 0) is 25.8 Å². The third kappa shape index (κ3) is 5.01. The summed E-state index contributed by atoms with van der Waals surface area (Å²) in [6.07, 6.45) is 2.03. The molecule has 2 atom stereocenters. The summed E-state index contributed by atoms with van der Waals surface area (Å²) in [6.45, 7) is 2.33. The molecule has 0 aromatic carbocycles. The molecule has 1 rings (SSSR count). The molecular formula is C11H18ClFN2O3. The molecule has 3 N–H and O–H groups in total. The number of hydrogen-bond acceptors (Lipinski definition) is 4. The molecule has 0 saturated carbocycles. The van der Waals surface area contributed by atoms with E-state index in [2.05, 4.69) is 10.1 Å². The standard InChI is InChI=1S/C11H17FN2O3.ClH/c1-2-17-11(16)9(12)6-8(13)5-7-3-4-14-10(7)15;/h6-8H,2-5,13H2,1H3,(H,14,15);1H/b9-6-;/t7-,8-;/m0./s1. The molecule has 1 fully saturated rings. The quantitative estimate of drug-likeness (QED) is 0.573. The lowest BCUT2D eigenvalue weighted by atomic mass is 9.98. The molecule has 0 radical (unpaired) electrons. The lowest BCUT2D eigenvalue weighted by Gasteiger charge is -2.10. The maximum Gasteiger partial charge on any atom is 0.366 e. The van der Waals surface area contributed by atoms with Gasteiger partial charge in [0.2, 0.25) is 11.7 Å². The van der Waals surface area contributed by atoms with E-state index in [0.717, 1.165) is 6.08 Å². The van der Waals surface area contributed by atoms with E-state index in [4.69, 9.17) is 5.73 Å². The van der Waals surface area contributed by atoms with Crippen molar-refractivity contribution in [3.8, 4) is 0 Å². The summed E-state index contributed by atoms with van der Waals surface area (Å²) in [6, 6.07) is -0.659. The lowest BCUT2D eigenvalue weighted by Crippen LogP contribution is -2.27. The molecular weight excluding hydrogens is 263 g/mol. The van der Waals surface area contributed by atoms with E-state index < -0.39 is 17.8 Å². The smallest absolute Gasteiger partial charge is 0.366 e. The highest BCUT2D eigenvalue weighted by Gasteiger charge is 2.25.